The van der Waals surface area contributed by atoms with Crippen LogP contribution in [-0.4, -0.2) is 26.3 Å². The van der Waals surface area contributed by atoms with Gasteiger partial charge >= 0.3 is 0 Å². The molecule has 0 spiro atoms. The third kappa shape index (κ3) is 3.05. The molecule has 2 rings (SSSR count). The summed E-state index contributed by atoms with van der Waals surface area (Å²) in [6.07, 6.45) is 1.99. The van der Waals surface area contributed by atoms with Crippen LogP contribution >= 0.6 is 0 Å². The standard InChI is InChI=1S/C15H24N2O2S/c1-4-12-5-6-15(8-13(12)9-16)20(18,19)17(3)10-14-7-11(14)2/h5-6,8,11,14H,4,7,9-10,16H2,1-3H3. The second-order valence-corrected chi connectivity index (χ2v) is 7.79. The van der Waals surface area contributed by atoms with E-state index in [1.165, 1.54) is 4.31 Å². The molecule has 2 atom stereocenters. The van der Waals surface area contributed by atoms with E-state index in [0.29, 0.717) is 29.8 Å². The van der Waals surface area contributed by atoms with Crippen LogP contribution in [0, 0.1) is 11.8 Å². The zero-order valence-electron chi connectivity index (χ0n) is 12.5. The van der Waals surface area contributed by atoms with Crippen LogP contribution in [0.15, 0.2) is 23.1 Å². The summed E-state index contributed by atoms with van der Waals surface area (Å²) in [6.45, 7) is 5.18. The van der Waals surface area contributed by atoms with Crippen LogP contribution in [0.3, 0.4) is 0 Å². The molecule has 112 valence electrons. The number of benzene rings is 1. The van der Waals surface area contributed by atoms with Crippen LogP contribution in [0.2, 0.25) is 0 Å². The minimum absolute atomic E-state index is 0.353. The Labute approximate surface area is 122 Å². The fraction of sp³-hybridized carbons (Fsp3) is 0.600. The van der Waals surface area contributed by atoms with E-state index < -0.39 is 10.0 Å². The molecule has 0 heterocycles. The van der Waals surface area contributed by atoms with Crippen molar-refractivity contribution in [2.75, 3.05) is 13.6 Å². The topological polar surface area (TPSA) is 63.4 Å². The molecule has 2 N–H and O–H groups in total. The van der Waals surface area contributed by atoms with Gasteiger partial charge in [-0.25, -0.2) is 12.7 Å². The summed E-state index contributed by atoms with van der Waals surface area (Å²) in [5, 5.41) is 0. The summed E-state index contributed by atoms with van der Waals surface area (Å²) in [7, 11) is -1.73. The second kappa shape index (κ2) is 5.84. The molecule has 5 heteroatoms. The zero-order valence-corrected chi connectivity index (χ0v) is 13.3. The molecule has 1 fully saturated rings. The zero-order chi connectivity index (χ0) is 14.9. The van der Waals surface area contributed by atoms with Crippen molar-refractivity contribution in [3.8, 4) is 0 Å². The summed E-state index contributed by atoms with van der Waals surface area (Å²) in [5.41, 5.74) is 7.75. The Morgan fingerprint density at radius 1 is 1.35 bits per heavy atom. The Morgan fingerprint density at radius 3 is 2.50 bits per heavy atom. The highest BCUT2D eigenvalue weighted by molar-refractivity contribution is 7.89. The Kier molecular flexibility index (Phi) is 4.52. The fourth-order valence-corrected chi connectivity index (χ4v) is 3.84. The van der Waals surface area contributed by atoms with Gasteiger partial charge in [0.1, 0.15) is 0 Å². The van der Waals surface area contributed by atoms with Gasteiger partial charge in [-0.05, 0) is 47.9 Å². The minimum atomic E-state index is -3.40. The highest BCUT2D eigenvalue weighted by atomic mass is 32.2. The van der Waals surface area contributed by atoms with E-state index in [9.17, 15) is 8.42 Å². The molecular weight excluding hydrogens is 272 g/mol. The van der Waals surface area contributed by atoms with Crippen molar-refractivity contribution in [2.24, 2.45) is 17.6 Å². The maximum absolute atomic E-state index is 12.6. The molecule has 0 aliphatic heterocycles. The number of aryl methyl sites for hydroxylation is 1. The first-order chi connectivity index (χ1) is 9.40. The molecular formula is C15H24N2O2S. The van der Waals surface area contributed by atoms with Crippen LogP contribution < -0.4 is 5.73 Å². The van der Waals surface area contributed by atoms with Crippen LogP contribution in [0.1, 0.15) is 31.4 Å². The number of sulfonamides is 1. The Bertz CT molecular complexity index is 584. The molecule has 1 aliphatic carbocycles. The first kappa shape index (κ1) is 15.5. The van der Waals surface area contributed by atoms with Gasteiger partial charge in [0.25, 0.3) is 0 Å². The molecule has 2 unspecified atom stereocenters. The molecule has 0 amide bonds. The average molecular weight is 296 g/mol. The van der Waals surface area contributed by atoms with E-state index in [1.54, 1.807) is 19.2 Å². The molecule has 1 aromatic rings. The van der Waals surface area contributed by atoms with Gasteiger partial charge in [-0.1, -0.05) is 19.9 Å². The van der Waals surface area contributed by atoms with E-state index >= 15 is 0 Å². The third-order valence-corrected chi connectivity index (χ3v) is 6.07. The van der Waals surface area contributed by atoms with E-state index in [-0.39, 0.29) is 0 Å². The molecule has 0 saturated heterocycles. The molecule has 20 heavy (non-hydrogen) atoms. The largest absolute Gasteiger partial charge is 0.326 e. The van der Waals surface area contributed by atoms with Crippen LogP contribution in [0.5, 0.6) is 0 Å². The Balaban J connectivity index is 2.24. The van der Waals surface area contributed by atoms with Crippen LogP contribution in [0.4, 0.5) is 0 Å². The first-order valence-electron chi connectivity index (χ1n) is 7.18. The summed E-state index contributed by atoms with van der Waals surface area (Å²) in [5.74, 6) is 1.16. The molecule has 1 saturated carbocycles. The molecule has 0 bridgehead atoms. The maximum Gasteiger partial charge on any atom is 0.242 e. The summed E-state index contributed by atoms with van der Waals surface area (Å²) in [4.78, 5) is 0.353. The van der Waals surface area contributed by atoms with Crippen molar-refractivity contribution in [3.63, 3.8) is 0 Å². The van der Waals surface area contributed by atoms with Gasteiger partial charge < -0.3 is 5.73 Å². The van der Waals surface area contributed by atoms with Crippen molar-refractivity contribution in [1.82, 2.24) is 4.31 Å². The monoisotopic (exact) mass is 296 g/mol. The van der Waals surface area contributed by atoms with Crippen LogP contribution in [-0.2, 0) is 23.0 Å². The van der Waals surface area contributed by atoms with Gasteiger partial charge in [0.15, 0.2) is 0 Å². The number of hydrogen-bond acceptors (Lipinski definition) is 3. The maximum atomic E-state index is 12.6. The van der Waals surface area contributed by atoms with Crippen molar-refractivity contribution >= 4 is 10.0 Å². The normalized spacial score (nSPS) is 22.2. The lowest BCUT2D eigenvalue weighted by atomic mass is 10.1. The SMILES string of the molecule is CCc1ccc(S(=O)(=O)N(C)CC2CC2C)cc1CN. The summed E-state index contributed by atoms with van der Waals surface area (Å²) in [6, 6.07) is 5.30. The van der Waals surface area contributed by atoms with Crippen LogP contribution in [0.25, 0.3) is 0 Å². The third-order valence-electron chi connectivity index (χ3n) is 4.25. The second-order valence-electron chi connectivity index (χ2n) is 5.75. The molecule has 1 aromatic carbocycles. The van der Waals surface area contributed by atoms with E-state index in [4.69, 9.17) is 5.73 Å². The van der Waals surface area contributed by atoms with Gasteiger partial charge in [0, 0.05) is 20.1 Å². The lowest BCUT2D eigenvalue weighted by Crippen LogP contribution is -2.29. The summed E-state index contributed by atoms with van der Waals surface area (Å²) >= 11 is 0. The molecule has 0 aromatic heterocycles. The van der Waals surface area contributed by atoms with Gasteiger partial charge in [-0.15, -0.1) is 0 Å². The number of nitrogens with zero attached hydrogens (tertiary/aromatic N) is 1. The van der Waals surface area contributed by atoms with Crippen molar-refractivity contribution in [2.45, 2.75) is 38.1 Å². The minimum Gasteiger partial charge on any atom is -0.326 e. The van der Waals surface area contributed by atoms with Gasteiger partial charge in [-0.2, -0.15) is 0 Å². The van der Waals surface area contributed by atoms with Gasteiger partial charge in [0.2, 0.25) is 10.0 Å². The first-order valence-corrected chi connectivity index (χ1v) is 8.62. The van der Waals surface area contributed by atoms with Crippen molar-refractivity contribution < 1.29 is 8.42 Å². The van der Waals surface area contributed by atoms with E-state index in [2.05, 4.69) is 6.92 Å². The quantitative estimate of drug-likeness (QED) is 0.873. The predicted molar refractivity (Wildman–Crippen MR) is 80.8 cm³/mol. The lowest BCUT2D eigenvalue weighted by Gasteiger charge is -2.18. The molecule has 0 radical (unpaired) electrons. The average Bonchev–Trinajstić information content (AvgIpc) is 3.13. The Morgan fingerprint density at radius 2 is 2.00 bits per heavy atom. The Hall–Kier alpha value is -0.910. The van der Waals surface area contributed by atoms with Gasteiger partial charge in [0.05, 0.1) is 4.90 Å². The van der Waals surface area contributed by atoms with Gasteiger partial charge in [-0.3, -0.25) is 0 Å². The number of rotatable bonds is 6. The number of hydrogen-bond donors (Lipinski definition) is 1. The van der Waals surface area contributed by atoms with E-state index in [1.807, 2.05) is 13.0 Å². The highest BCUT2D eigenvalue weighted by Crippen LogP contribution is 2.38. The number of nitrogens with two attached hydrogens (primary N) is 1. The lowest BCUT2D eigenvalue weighted by molar-refractivity contribution is 0.444. The predicted octanol–water partition coefficient (Wildman–Crippen LogP) is 1.98. The summed E-state index contributed by atoms with van der Waals surface area (Å²) < 4.78 is 26.6. The fourth-order valence-electron chi connectivity index (χ4n) is 2.56. The van der Waals surface area contributed by atoms with Crippen molar-refractivity contribution in [1.29, 1.82) is 0 Å². The smallest absolute Gasteiger partial charge is 0.242 e. The molecule has 4 nitrogen and oxygen atoms in total. The molecule has 1 aliphatic rings. The highest BCUT2D eigenvalue weighted by Gasteiger charge is 2.36. The van der Waals surface area contributed by atoms with E-state index in [0.717, 1.165) is 24.0 Å². The van der Waals surface area contributed by atoms with Crippen molar-refractivity contribution in [3.05, 3.63) is 29.3 Å².